The summed E-state index contributed by atoms with van der Waals surface area (Å²) in [5, 5.41) is 5.87. The highest BCUT2D eigenvalue weighted by atomic mass is 32.1. The molecular weight excluding hydrogens is 418 g/mol. The van der Waals surface area contributed by atoms with Crippen molar-refractivity contribution >= 4 is 55.3 Å². The van der Waals surface area contributed by atoms with E-state index in [4.69, 9.17) is 0 Å². The van der Waals surface area contributed by atoms with Crippen molar-refractivity contribution in [3.05, 3.63) is 78.4 Å². The van der Waals surface area contributed by atoms with Gasteiger partial charge in [-0.3, -0.25) is 9.59 Å². The Morgan fingerprint density at radius 2 is 1.72 bits per heavy atom. The third-order valence-corrected chi connectivity index (χ3v) is 6.85. The summed E-state index contributed by atoms with van der Waals surface area (Å²) in [6.45, 7) is 1.17. The summed E-state index contributed by atoms with van der Waals surface area (Å²) >= 11 is 1.50. The van der Waals surface area contributed by atoms with Gasteiger partial charge in [0.15, 0.2) is 5.13 Å². The van der Waals surface area contributed by atoms with Crippen LogP contribution in [0.4, 0.5) is 5.13 Å². The number of hydrogen-bond donors (Lipinski definition) is 1. The lowest BCUT2D eigenvalue weighted by molar-refractivity contribution is -0.130. The fourth-order valence-corrected chi connectivity index (χ4v) is 5.01. The van der Waals surface area contributed by atoms with Crippen molar-refractivity contribution in [2.45, 2.75) is 12.8 Å². The summed E-state index contributed by atoms with van der Waals surface area (Å²) in [6.07, 6.45) is 4.76. The number of nitrogens with zero attached hydrogens (tertiary/aromatic N) is 2. The van der Waals surface area contributed by atoms with E-state index in [-0.39, 0.29) is 17.7 Å². The molecule has 1 N–H and O–H groups in total. The number of fused-ring (bicyclic) bond motifs is 3. The number of amides is 2. The molecule has 1 saturated heterocycles. The van der Waals surface area contributed by atoms with Crippen LogP contribution < -0.4 is 5.32 Å². The van der Waals surface area contributed by atoms with Gasteiger partial charge in [-0.15, -0.1) is 0 Å². The highest BCUT2D eigenvalue weighted by Gasteiger charge is 2.27. The Labute approximate surface area is 190 Å². The molecular formula is C26H23N3O2S. The molecule has 1 aliphatic heterocycles. The van der Waals surface area contributed by atoms with E-state index in [1.54, 1.807) is 6.08 Å². The van der Waals surface area contributed by atoms with Gasteiger partial charge >= 0.3 is 0 Å². The van der Waals surface area contributed by atoms with Crippen LogP contribution in [0, 0.1) is 5.92 Å². The second-order valence-electron chi connectivity index (χ2n) is 7.99. The van der Waals surface area contributed by atoms with Gasteiger partial charge < -0.3 is 10.2 Å². The van der Waals surface area contributed by atoms with Gasteiger partial charge in [-0.05, 0) is 35.9 Å². The summed E-state index contributed by atoms with van der Waals surface area (Å²) in [5.74, 6) is -0.132. The quantitative estimate of drug-likeness (QED) is 0.435. The molecule has 4 aromatic rings. The molecule has 1 fully saturated rings. The molecule has 5 nitrogen and oxygen atoms in total. The van der Waals surface area contributed by atoms with Crippen LogP contribution in [0.15, 0.2) is 72.8 Å². The van der Waals surface area contributed by atoms with Crippen molar-refractivity contribution in [2.24, 2.45) is 5.92 Å². The Bertz CT molecular complexity index is 1300. The van der Waals surface area contributed by atoms with Crippen molar-refractivity contribution in [1.82, 2.24) is 9.88 Å². The number of piperidine rings is 1. The minimum Gasteiger partial charge on any atom is -0.339 e. The topological polar surface area (TPSA) is 62.3 Å². The fourth-order valence-electron chi connectivity index (χ4n) is 4.12. The highest BCUT2D eigenvalue weighted by Crippen LogP contribution is 2.32. The third kappa shape index (κ3) is 4.27. The monoisotopic (exact) mass is 441 g/mol. The molecule has 2 amide bonds. The Balaban J connectivity index is 1.20. The van der Waals surface area contributed by atoms with Crippen LogP contribution in [0.5, 0.6) is 0 Å². The number of carbonyl (C=O) groups excluding carboxylic acids is 2. The predicted molar refractivity (Wildman–Crippen MR) is 131 cm³/mol. The van der Waals surface area contributed by atoms with Gasteiger partial charge in [0.05, 0.1) is 10.2 Å². The zero-order valence-corrected chi connectivity index (χ0v) is 18.3. The van der Waals surface area contributed by atoms with Gasteiger partial charge in [-0.2, -0.15) is 0 Å². The van der Waals surface area contributed by atoms with Crippen LogP contribution in [0.2, 0.25) is 0 Å². The number of hydrogen-bond acceptors (Lipinski definition) is 4. The first-order chi connectivity index (χ1) is 15.7. The second kappa shape index (κ2) is 8.93. The standard InChI is InChI=1S/C26H23N3O2S/c30-23(13-10-18-6-2-1-3-7-18)29-16-14-20(15-17-29)25(31)28-26-27-24-21-9-5-4-8-19(21)11-12-22(24)32-26/h1-13,20H,14-17H2,(H,27,28,31)/b13-10+. The maximum Gasteiger partial charge on any atom is 0.246 e. The maximum absolute atomic E-state index is 12.8. The molecule has 1 aliphatic rings. The summed E-state index contributed by atoms with van der Waals surface area (Å²) < 4.78 is 1.06. The number of anilines is 1. The van der Waals surface area contributed by atoms with E-state index in [1.165, 1.54) is 11.3 Å². The molecule has 0 spiro atoms. The van der Waals surface area contributed by atoms with Crippen LogP contribution in [-0.4, -0.2) is 34.8 Å². The number of rotatable bonds is 4. The van der Waals surface area contributed by atoms with E-state index in [0.717, 1.165) is 26.6 Å². The van der Waals surface area contributed by atoms with E-state index in [9.17, 15) is 9.59 Å². The van der Waals surface area contributed by atoms with Gasteiger partial charge in [-0.25, -0.2) is 4.98 Å². The molecule has 0 saturated carbocycles. The van der Waals surface area contributed by atoms with Crippen molar-refractivity contribution in [3.8, 4) is 0 Å². The normalized spacial score (nSPS) is 14.9. The first kappa shape index (κ1) is 20.4. The molecule has 1 aromatic heterocycles. The molecule has 0 radical (unpaired) electrons. The van der Waals surface area contributed by atoms with Crippen LogP contribution in [0.3, 0.4) is 0 Å². The fraction of sp³-hybridized carbons (Fsp3) is 0.192. The van der Waals surface area contributed by atoms with Crippen LogP contribution in [0.1, 0.15) is 18.4 Å². The van der Waals surface area contributed by atoms with Gasteiger partial charge in [0.1, 0.15) is 0 Å². The summed E-state index contributed by atoms with van der Waals surface area (Å²) in [6, 6.07) is 22.0. The second-order valence-corrected chi connectivity index (χ2v) is 9.02. The Hall–Kier alpha value is -3.51. The van der Waals surface area contributed by atoms with Gasteiger partial charge in [-0.1, -0.05) is 72.0 Å². The predicted octanol–water partition coefficient (Wildman–Crippen LogP) is 5.34. The highest BCUT2D eigenvalue weighted by molar-refractivity contribution is 7.22. The van der Waals surface area contributed by atoms with E-state index >= 15 is 0 Å². The number of thiazole rings is 1. The number of benzene rings is 3. The Morgan fingerprint density at radius 3 is 2.53 bits per heavy atom. The number of nitrogens with one attached hydrogen (secondary N) is 1. The maximum atomic E-state index is 12.8. The third-order valence-electron chi connectivity index (χ3n) is 5.91. The zero-order chi connectivity index (χ0) is 21.9. The molecule has 0 unspecified atom stereocenters. The summed E-state index contributed by atoms with van der Waals surface area (Å²) in [7, 11) is 0. The molecule has 0 atom stereocenters. The van der Waals surface area contributed by atoms with Gasteiger partial charge in [0.25, 0.3) is 0 Å². The smallest absolute Gasteiger partial charge is 0.246 e. The van der Waals surface area contributed by atoms with Crippen LogP contribution in [0.25, 0.3) is 27.1 Å². The van der Waals surface area contributed by atoms with Crippen LogP contribution in [-0.2, 0) is 9.59 Å². The van der Waals surface area contributed by atoms with Gasteiger partial charge in [0.2, 0.25) is 11.8 Å². The molecule has 5 rings (SSSR count). The van der Waals surface area contributed by atoms with Gasteiger partial charge in [0, 0.05) is 30.5 Å². The molecule has 32 heavy (non-hydrogen) atoms. The van der Waals surface area contributed by atoms with Crippen molar-refractivity contribution in [3.63, 3.8) is 0 Å². The lowest BCUT2D eigenvalue weighted by atomic mass is 9.96. The van der Waals surface area contributed by atoms with Crippen LogP contribution >= 0.6 is 11.3 Å². The molecule has 3 aromatic carbocycles. The van der Waals surface area contributed by atoms with Crippen molar-refractivity contribution in [1.29, 1.82) is 0 Å². The largest absolute Gasteiger partial charge is 0.339 e. The first-order valence-electron chi connectivity index (χ1n) is 10.8. The zero-order valence-electron chi connectivity index (χ0n) is 17.5. The summed E-state index contributed by atoms with van der Waals surface area (Å²) in [5.41, 5.74) is 1.92. The van der Waals surface area contributed by atoms with Crippen molar-refractivity contribution < 1.29 is 9.59 Å². The number of aromatic nitrogens is 1. The minimum atomic E-state index is -0.110. The average molecular weight is 442 g/mol. The van der Waals surface area contributed by atoms with E-state index in [1.807, 2.05) is 53.4 Å². The molecule has 2 heterocycles. The first-order valence-corrected chi connectivity index (χ1v) is 11.6. The minimum absolute atomic E-state index is 0.00855. The number of carbonyl (C=O) groups is 2. The molecule has 6 heteroatoms. The molecule has 0 bridgehead atoms. The average Bonchev–Trinajstić information content (AvgIpc) is 3.26. The summed E-state index contributed by atoms with van der Waals surface area (Å²) in [4.78, 5) is 31.8. The molecule has 0 aliphatic carbocycles. The van der Waals surface area contributed by atoms with E-state index < -0.39 is 0 Å². The Morgan fingerprint density at radius 1 is 0.969 bits per heavy atom. The van der Waals surface area contributed by atoms with E-state index in [0.29, 0.717) is 31.1 Å². The Kier molecular flexibility index (Phi) is 5.69. The SMILES string of the molecule is O=C(Nc1nc2c(ccc3ccccc32)s1)C1CCN(C(=O)/C=C/c2ccccc2)CC1. The lowest BCUT2D eigenvalue weighted by Crippen LogP contribution is -2.40. The number of likely N-dealkylation sites (tertiary alicyclic amines) is 1. The molecule has 160 valence electrons. The van der Waals surface area contributed by atoms with E-state index in [2.05, 4.69) is 34.6 Å². The lowest BCUT2D eigenvalue weighted by Gasteiger charge is -2.30. The van der Waals surface area contributed by atoms with Crippen molar-refractivity contribution in [2.75, 3.05) is 18.4 Å².